The summed E-state index contributed by atoms with van der Waals surface area (Å²) in [7, 11) is 0. The molecule has 0 aliphatic rings. The van der Waals surface area contributed by atoms with Crippen LogP contribution in [0.1, 0.15) is 11.9 Å². The summed E-state index contributed by atoms with van der Waals surface area (Å²) in [6, 6.07) is 15.3. The van der Waals surface area contributed by atoms with Crippen LogP contribution in [0.4, 0.5) is 0 Å². The Labute approximate surface area is 152 Å². The lowest BCUT2D eigenvalue weighted by Gasteiger charge is -2.02. The zero-order chi connectivity index (χ0) is 16.9. The summed E-state index contributed by atoms with van der Waals surface area (Å²) in [6.45, 7) is 1.84. The van der Waals surface area contributed by atoms with E-state index in [2.05, 4.69) is 15.5 Å². The van der Waals surface area contributed by atoms with Gasteiger partial charge in [-0.15, -0.1) is 23.1 Å². The van der Waals surface area contributed by atoms with Crippen LogP contribution in [0, 0.1) is 0 Å². The molecular weight excluding hydrogens is 362 g/mol. The highest BCUT2D eigenvalue weighted by Crippen LogP contribution is 2.22. The summed E-state index contributed by atoms with van der Waals surface area (Å²) in [5, 5.41) is 5.63. The first-order chi connectivity index (χ1) is 11.6. The number of hydrogen-bond donors (Lipinski definition) is 1. The van der Waals surface area contributed by atoms with Gasteiger partial charge in [-0.25, -0.2) is 10.4 Å². The first-order valence-corrected chi connectivity index (χ1v) is 9.37. The first kappa shape index (κ1) is 17.0. The van der Waals surface area contributed by atoms with Crippen molar-refractivity contribution < 1.29 is 4.79 Å². The Hall–Kier alpha value is -1.89. The molecule has 0 atom stereocenters. The minimum Gasteiger partial charge on any atom is -0.272 e. The molecule has 0 radical (unpaired) electrons. The Balaban J connectivity index is 1.57. The Kier molecular flexibility index (Phi) is 5.50. The van der Waals surface area contributed by atoms with Crippen molar-refractivity contribution in [2.75, 3.05) is 5.75 Å². The van der Waals surface area contributed by atoms with E-state index in [-0.39, 0.29) is 11.7 Å². The normalized spacial score (nSPS) is 11.7. The van der Waals surface area contributed by atoms with Gasteiger partial charge in [0.25, 0.3) is 0 Å². The largest absolute Gasteiger partial charge is 0.272 e. The molecule has 7 heteroatoms. The van der Waals surface area contributed by atoms with Crippen molar-refractivity contribution in [3.8, 4) is 0 Å². The Bertz CT molecular complexity index is 857. The number of hydrazone groups is 1. The number of carbonyl (C=O) groups excluding carboxylic acids is 1. The average molecular weight is 376 g/mol. The van der Waals surface area contributed by atoms with Crippen LogP contribution in [0.25, 0.3) is 10.2 Å². The number of benzene rings is 2. The summed E-state index contributed by atoms with van der Waals surface area (Å²) in [4.78, 5) is 17.4. The van der Waals surface area contributed by atoms with E-state index in [0.29, 0.717) is 10.7 Å². The third-order valence-corrected chi connectivity index (χ3v) is 5.54. The number of aromatic nitrogens is 1. The Morgan fingerprint density at radius 3 is 2.75 bits per heavy atom. The lowest BCUT2D eigenvalue weighted by atomic mass is 10.3. The van der Waals surface area contributed by atoms with E-state index < -0.39 is 0 Å². The van der Waals surface area contributed by atoms with Crippen LogP contribution in [0.2, 0.25) is 5.02 Å². The fourth-order valence-corrected chi connectivity index (χ4v) is 3.66. The van der Waals surface area contributed by atoms with Crippen molar-refractivity contribution in [2.45, 2.75) is 11.8 Å². The second kappa shape index (κ2) is 7.79. The number of thioether (sulfide) groups is 1. The molecule has 1 amide bonds. The maximum atomic E-state index is 11.9. The molecule has 0 saturated carbocycles. The van der Waals surface area contributed by atoms with Crippen LogP contribution in [0.5, 0.6) is 0 Å². The molecule has 0 bridgehead atoms. The third-order valence-electron chi connectivity index (χ3n) is 3.14. The van der Waals surface area contributed by atoms with Crippen LogP contribution >= 0.6 is 34.7 Å². The number of para-hydroxylation sites is 1. The van der Waals surface area contributed by atoms with E-state index in [4.69, 9.17) is 11.6 Å². The number of halogens is 1. The van der Waals surface area contributed by atoms with Gasteiger partial charge in [0.1, 0.15) is 5.01 Å². The lowest BCUT2D eigenvalue weighted by Crippen LogP contribution is -2.21. The fraction of sp³-hybridized carbons (Fsp3) is 0.118. The first-order valence-electron chi connectivity index (χ1n) is 7.19. The van der Waals surface area contributed by atoms with Crippen molar-refractivity contribution in [1.29, 1.82) is 0 Å². The standard InChI is InChI=1S/C17H14ClN3OS2/c1-11(17-19-14-4-2-3-5-15(14)24-17)20-21-16(22)10-23-13-8-6-12(18)7-9-13/h2-9H,10H2,1H3,(H,21,22)/b20-11-. The number of thiazole rings is 1. The molecule has 24 heavy (non-hydrogen) atoms. The highest BCUT2D eigenvalue weighted by Gasteiger charge is 2.07. The van der Waals surface area contributed by atoms with Gasteiger partial charge in [0.15, 0.2) is 0 Å². The number of nitrogens with zero attached hydrogens (tertiary/aromatic N) is 2. The molecule has 1 heterocycles. The second-order valence-corrected chi connectivity index (χ2v) is 7.48. The quantitative estimate of drug-likeness (QED) is 0.403. The van der Waals surface area contributed by atoms with Gasteiger partial charge in [-0.2, -0.15) is 5.10 Å². The third kappa shape index (κ3) is 4.35. The van der Waals surface area contributed by atoms with E-state index in [1.807, 2.05) is 43.3 Å². The predicted molar refractivity (Wildman–Crippen MR) is 102 cm³/mol. The predicted octanol–water partition coefficient (Wildman–Crippen LogP) is 4.58. The van der Waals surface area contributed by atoms with Gasteiger partial charge in [0.05, 0.1) is 21.7 Å². The summed E-state index contributed by atoms with van der Waals surface area (Å²) in [5.74, 6) is 0.133. The Morgan fingerprint density at radius 1 is 1.25 bits per heavy atom. The molecule has 0 fully saturated rings. The van der Waals surface area contributed by atoms with Gasteiger partial charge >= 0.3 is 0 Å². The van der Waals surface area contributed by atoms with Crippen molar-refractivity contribution in [3.63, 3.8) is 0 Å². The molecule has 122 valence electrons. The lowest BCUT2D eigenvalue weighted by molar-refractivity contribution is -0.118. The van der Waals surface area contributed by atoms with Crippen LogP contribution in [0.3, 0.4) is 0 Å². The highest BCUT2D eigenvalue weighted by molar-refractivity contribution is 8.00. The molecule has 2 aromatic carbocycles. The summed E-state index contributed by atoms with van der Waals surface area (Å²) in [5.41, 5.74) is 4.21. The van der Waals surface area contributed by atoms with Crippen molar-refractivity contribution in [3.05, 3.63) is 58.6 Å². The minimum absolute atomic E-state index is 0.157. The second-order valence-electron chi connectivity index (χ2n) is 4.96. The number of carbonyl (C=O) groups is 1. The number of fused-ring (bicyclic) bond motifs is 1. The molecule has 1 aromatic heterocycles. The molecule has 0 aliphatic heterocycles. The van der Waals surface area contributed by atoms with Crippen LogP contribution in [-0.2, 0) is 4.79 Å². The van der Waals surface area contributed by atoms with Gasteiger partial charge in [-0.1, -0.05) is 23.7 Å². The van der Waals surface area contributed by atoms with Crippen molar-refractivity contribution in [1.82, 2.24) is 10.4 Å². The number of rotatable bonds is 5. The minimum atomic E-state index is -0.157. The van der Waals surface area contributed by atoms with Gasteiger partial charge in [-0.3, -0.25) is 4.79 Å². The van der Waals surface area contributed by atoms with Crippen LogP contribution in [0.15, 0.2) is 58.5 Å². The van der Waals surface area contributed by atoms with Crippen molar-refractivity contribution in [2.24, 2.45) is 5.10 Å². The van der Waals surface area contributed by atoms with E-state index in [1.165, 1.54) is 11.8 Å². The SMILES string of the molecule is C/C(=N/NC(=O)CSc1ccc(Cl)cc1)c1nc2ccccc2s1. The maximum absolute atomic E-state index is 11.9. The number of nitrogens with one attached hydrogen (secondary N) is 1. The Morgan fingerprint density at radius 2 is 2.00 bits per heavy atom. The molecule has 1 N–H and O–H groups in total. The average Bonchev–Trinajstić information content (AvgIpc) is 3.03. The maximum Gasteiger partial charge on any atom is 0.250 e. The molecule has 4 nitrogen and oxygen atoms in total. The summed E-state index contributed by atoms with van der Waals surface area (Å²) in [6.07, 6.45) is 0. The highest BCUT2D eigenvalue weighted by atomic mass is 35.5. The molecule has 0 unspecified atom stereocenters. The van der Waals surface area contributed by atoms with Crippen LogP contribution < -0.4 is 5.43 Å². The number of hydrogen-bond acceptors (Lipinski definition) is 5. The molecule has 3 rings (SSSR count). The summed E-state index contributed by atoms with van der Waals surface area (Å²) >= 11 is 8.83. The van der Waals surface area contributed by atoms with E-state index in [9.17, 15) is 4.79 Å². The van der Waals surface area contributed by atoms with Gasteiger partial charge in [-0.05, 0) is 43.3 Å². The van der Waals surface area contributed by atoms with Crippen molar-refractivity contribution >= 4 is 56.5 Å². The van der Waals surface area contributed by atoms with E-state index >= 15 is 0 Å². The zero-order valence-electron chi connectivity index (χ0n) is 12.8. The van der Waals surface area contributed by atoms with Gasteiger partial charge in [0.2, 0.25) is 5.91 Å². The number of amides is 1. The smallest absolute Gasteiger partial charge is 0.250 e. The van der Waals surface area contributed by atoms with E-state index in [1.54, 1.807) is 23.5 Å². The molecular formula is C17H14ClN3OS2. The molecule has 3 aromatic rings. The molecule has 0 saturated heterocycles. The molecule has 0 spiro atoms. The summed E-state index contributed by atoms with van der Waals surface area (Å²) < 4.78 is 1.10. The molecule has 0 aliphatic carbocycles. The van der Waals surface area contributed by atoms with Gasteiger partial charge in [0, 0.05) is 9.92 Å². The zero-order valence-corrected chi connectivity index (χ0v) is 15.2. The monoisotopic (exact) mass is 375 g/mol. The van der Waals surface area contributed by atoms with Crippen LogP contribution in [-0.4, -0.2) is 22.4 Å². The fourth-order valence-electron chi connectivity index (χ4n) is 1.93. The topological polar surface area (TPSA) is 54.4 Å². The van der Waals surface area contributed by atoms with E-state index in [0.717, 1.165) is 20.1 Å². The van der Waals surface area contributed by atoms with Gasteiger partial charge < -0.3 is 0 Å².